The second-order valence-corrected chi connectivity index (χ2v) is 4.46. The van der Waals surface area contributed by atoms with E-state index in [-0.39, 0.29) is 32.1 Å². The summed E-state index contributed by atoms with van der Waals surface area (Å²) in [7, 11) is 0. The zero-order valence-corrected chi connectivity index (χ0v) is 11.6. The van der Waals surface area contributed by atoms with Crippen molar-refractivity contribution in [3.05, 3.63) is 34.9 Å². The molecule has 0 saturated heterocycles. The second kappa shape index (κ2) is 8.52. The molecule has 1 aromatic rings. The van der Waals surface area contributed by atoms with Gasteiger partial charge in [-0.1, -0.05) is 11.6 Å². The molecule has 0 bridgehead atoms. The molecule has 0 spiro atoms. The Balaban J connectivity index is 2.44. The fourth-order valence-corrected chi connectivity index (χ4v) is 1.72. The maximum Gasteiger partial charge on any atom is 0.251 e. The van der Waals surface area contributed by atoms with Crippen molar-refractivity contribution >= 4 is 23.4 Å². The van der Waals surface area contributed by atoms with Gasteiger partial charge >= 0.3 is 0 Å². The summed E-state index contributed by atoms with van der Waals surface area (Å²) in [4.78, 5) is 24.4. The van der Waals surface area contributed by atoms with Crippen LogP contribution in [0.15, 0.2) is 24.3 Å². The Morgan fingerprint density at radius 2 is 1.80 bits per heavy atom. The first-order valence-electron chi connectivity index (χ1n) is 6.11. The van der Waals surface area contributed by atoms with E-state index in [2.05, 4.69) is 5.32 Å². The average Bonchev–Trinajstić information content (AvgIpc) is 2.46. The van der Waals surface area contributed by atoms with Crippen molar-refractivity contribution in [3.63, 3.8) is 0 Å². The van der Waals surface area contributed by atoms with Crippen LogP contribution in [0.1, 0.15) is 10.4 Å². The number of amides is 2. The largest absolute Gasteiger partial charge is 0.395 e. The highest BCUT2D eigenvalue weighted by molar-refractivity contribution is 6.30. The van der Waals surface area contributed by atoms with E-state index in [4.69, 9.17) is 21.8 Å². The number of rotatable bonds is 7. The Kier molecular flexibility index (Phi) is 7.00. The molecule has 0 aromatic heterocycles. The molecule has 3 N–H and O–H groups in total. The Morgan fingerprint density at radius 3 is 2.35 bits per heavy atom. The number of benzene rings is 1. The topological polar surface area (TPSA) is 89.9 Å². The molecule has 0 fully saturated rings. The number of aliphatic hydroxyl groups excluding tert-OH is 2. The van der Waals surface area contributed by atoms with Crippen LogP contribution in [-0.2, 0) is 4.79 Å². The molecule has 6 nitrogen and oxygen atoms in total. The molecule has 7 heteroatoms. The maximum absolute atomic E-state index is 11.8. The number of carbonyl (C=O) groups excluding carboxylic acids is 2. The quantitative estimate of drug-likeness (QED) is 0.655. The number of halogens is 1. The summed E-state index contributed by atoms with van der Waals surface area (Å²) in [6, 6.07) is 6.43. The van der Waals surface area contributed by atoms with Crippen LogP contribution in [0.2, 0.25) is 5.02 Å². The first-order valence-corrected chi connectivity index (χ1v) is 6.49. The van der Waals surface area contributed by atoms with Crippen molar-refractivity contribution < 1.29 is 19.8 Å². The minimum atomic E-state index is -0.620. The van der Waals surface area contributed by atoms with Gasteiger partial charge in [0.15, 0.2) is 0 Å². The van der Waals surface area contributed by atoms with Crippen LogP contribution >= 0.6 is 11.6 Å². The zero-order valence-electron chi connectivity index (χ0n) is 10.9. The molecule has 1 rings (SSSR count). The van der Waals surface area contributed by atoms with Crippen molar-refractivity contribution in [3.8, 4) is 0 Å². The van der Waals surface area contributed by atoms with Crippen LogP contribution < -0.4 is 5.32 Å². The lowest BCUT2D eigenvalue weighted by molar-refractivity contribution is -0.134. The molecular weight excluding hydrogens is 284 g/mol. The molecule has 0 atom stereocenters. The summed E-state index contributed by atoms with van der Waals surface area (Å²) in [5.41, 5.74) is 0.469. The van der Waals surface area contributed by atoms with Crippen LogP contribution in [0, 0.1) is 0 Å². The lowest BCUT2D eigenvalue weighted by atomic mass is 10.2. The Morgan fingerprint density at radius 1 is 1.15 bits per heavy atom. The number of hydrogen-bond acceptors (Lipinski definition) is 4. The van der Waals surface area contributed by atoms with Gasteiger partial charge in [0.25, 0.3) is 5.91 Å². The van der Waals surface area contributed by atoms with E-state index in [1.807, 2.05) is 0 Å². The fourth-order valence-electron chi connectivity index (χ4n) is 1.59. The fraction of sp³-hybridized carbons (Fsp3) is 0.385. The standard InChI is InChI=1S/C13H17ClN2O4/c14-11-3-1-10(2-4-11)13(20)15-5-6-16(7-8-17)12(19)9-18/h1-4,17-18H,5-9H2,(H,15,20). The summed E-state index contributed by atoms with van der Waals surface area (Å²) >= 11 is 5.72. The number of carbonyl (C=O) groups is 2. The van der Waals surface area contributed by atoms with Gasteiger partial charge in [0.05, 0.1) is 6.61 Å². The number of nitrogens with one attached hydrogen (secondary N) is 1. The van der Waals surface area contributed by atoms with Gasteiger partial charge in [-0.3, -0.25) is 9.59 Å². The van der Waals surface area contributed by atoms with Crippen molar-refractivity contribution in [2.45, 2.75) is 0 Å². The Hall–Kier alpha value is -1.63. The molecule has 2 amide bonds. The van der Waals surface area contributed by atoms with Crippen molar-refractivity contribution in [1.29, 1.82) is 0 Å². The minimum absolute atomic E-state index is 0.121. The van der Waals surface area contributed by atoms with E-state index in [0.717, 1.165) is 0 Å². The molecular formula is C13H17ClN2O4. The monoisotopic (exact) mass is 300 g/mol. The third kappa shape index (κ3) is 5.16. The number of aliphatic hydroxyl groups is 2. The van der Waals surface area contributed by atoms with Crippen LogP contribution in [0.4, 0.5) is 0 Å². The normalized spacial score (nSPS) is 10.2. The summed E-state index contributed by atoms with van der Waals surface area (Å²) in [5, 5.41) is 20.8. The van der Waals surface area contributed by atoms with Crippen LogP contribution in [0.25, 0.3) is 0 Å². The van der Waals surface area contributed by atoms with Gasteiger partial charge in [0.2, 0.25) is 5.91 Å². The number of nitrogens with zero attached hydrogens (tertiary/aromatic N) is 1. The lowest BCUT2D eigenvalue weighted by Crippen LogP contribution is -2.41. The third-order valence-corrected chi connectivity index (χ3v) is 2.88. The zero-order chi connectivity index (χ0) is 15.0. The van der Waals surface area contributed by atoms with Gasteiger partial charge in [-0.15, -0.1) is 0 Å². The van der Waals surface area contributed by atoms with Gasteiger partial charge in [0.1, 0.15) is 6.61 Å². The molecule has 0 aliphatic heterocycles. The van der Waals surface area contributed by atoms with E-state index in [1.54, 1.807) is 24.3 Å². The van der Waals surface area contributed by atoms with Gasteiger partial charge in [-0.25, -0.2) is 0 Å². The van der Waals surface area contributed by atoms with E-state index in [1.165, 1.54) is 4.90 Å². The summed E-state index contributed by atoms with van der Waals surface area (Å²) in [6.07, 6.45) is 0. The molecule has 0 saturated carbocycles. The first kappa shape index (κ1) is 16.4. The highest BCUT2D eigenvalue weighted by Gasteiger charge is 2.12. The molecule has 0 unspecified atom stereocenters. The van der Waals surface area contributed by atoms with E-state index in [9.17, 15) is 9.59 Å². The SMILES string of the molecule is O=C(NCCN(CCO)C(=O)CO)c1ccc(Cl)cc1. The highest BCUT2D eigenvalue weighted by Crippen LogP contribution is 2.09. The molecule has 0 aliphatic carbocycles. The molecule has 0 radical (unpaired) electrons. The van der Waals surface area contributed by atoms with Gasteiger partial charge in [-0.05, 0) is 24.3 Å². The Bertz CT molecular complexity index is 450. The van der Waals surface area contributed by atoms with Crippen molar-refractivity contribution in [1.82, 2.24) is 10.2 Å². The highest BCUT2D eigenvalue weighted by atomic mass is 35.5. The summed E-state index contributed by atoms with van der Waals surface area (Å²) in [6.45, 7) is -0.245. The van der Waals surface area contributed by atoms with Crippen molar-refractivity contribution in [2.24, 2.45) is 0 Å². The molecule has 20 heavy (non-hydrogen) atoms. The van der Waals surface area contributed by atoms with E-state index < -0.39 is 12.5 Å². The van der Waals surface area contributed by atoms with Gasteiger partial charge in [0, 0.05) is 30.2 Å². The smallest absolute Gasteiger partial charge is 0.251 e. The average molecular weight is 301 g/mol. The van der Waals surface area contributed by atoms with Gasteiger partial charge in [-0.2, -0.15) is 0 Å². The lowest BCUT2D eigenvalue weighted by Gasteiger charge is -2.20. The minimum Gasteiger partial charge on any atom is -0.395 e. The van der Waals surface area contributed by atoms with Gasteiger partial charge < -0.3 is 20.4 Å². The van der Waals surface area contributed by atoms with E-state index >= 15 is 0 Å². The molecule has 0 aliphatic rings. The van der Waals surface area contributed by atoms with Crippen LogP contribution in [0.5, 0.6) is 0 Å². The first-order chi connectivity index (χ1) is 9.58. The second-order valence-electron chi connectivity index (χ2n) is 4.03. The maximum atomic E-state index is 11.8. The predicted molar refractivity (Wildman–Crippen MR) is 74.5 cm³/mol. The van der Waals surface area contributed by atoms with Crippen LogP contribution in [-0.4, -0.2) is 59.8 Å². The Labute approximate surface area is 122 Å². The molecule has 0 heterocycles. The third-order valence-electron chi connectivity index (χ3n) is 2.63. The van der Waals surface area contributed by atoms with Crippen LogP contribution in [0.3, 0.4) is 0 Å². The number of hydrogen-bond donors (Lipinski definition) is 3. The summed E-state index contributed by atoms with van der Waals surface area (Å²) < 4.78 is 0. The predicted octanol–water partition coefficient (Wildman–Crippen LogP) is -0.117. The van der Waals surface area contributed by atoms with Crippen molar-refractivity contribution in [2.75, 3.05) is 32.8 Å². The molecule has 1 aromatic carbocycles. The summed E-state index contributed by atoms with van der Waals surface area (Å²) in [5.74, 6) is -0.762. The molecule has 110 valence electrons. The van der Waals surface area contributed by atoms with E-state index in [0.29, 0.717) is 10.6 Å².